The lowest BCUT2D eigenvalue weighted by Crippen LogP contribution is -2.62. The number of para-hydroxylation sites is 1. The molecule has 1 aromatic heterocycles. The normalized spacial score (nSPS) is 25.2. The molecule has 3 aromatic rings. The monoisotopic (exact) mass is 447 g/mol. The zero-order valence-electron chi connectivity index (χ0n) is 19.0. The minimum absolute atomic E-state index is 0.0669. The third-order valence-corrected chi connectivity index (χ3v) is 7.72. The molecule has 0 spiro atoms. The number of piperidine rings is 1. The molecular formula is C27H33N3O3. The summed E-state index contributed by atoms with van der Waals surface area (Å²) in [7, 11) is 0. The lowest BCUT2D eigenvalue weighted by molar-refractivity contribution is -0.0768. The zero-order valence-corrected chi connectivity index (χ0v) is 19.0. The molecule has 0 radical (unpaired) electrons. The summed E-state index contributed by atoms with van der Waals surface area (Å²) >= 11 is 0. The van der Waals surface area contributed by atoms with Crippen LogP contribution in [0, 0.1) is 0 Å². The Bertz CT molecular complexity index is 1090. The lowest BCUT2D eigenvalue weighted by atomic mass is 9.61. The number of amides is 1. The van der Waals surface area contributed by atoms with E-state index < -0.39 is 6.10 Å². The molecule has 1 aliphatic carbocycles. The predicted molar refractivity (Wildman–Crippen MR) is 129 cm³/mol. The Morgan fingerprint density at radius 2 is 2.00 bits per heavy atom. The van der Waals surface area contributed by atoms with Crippen LogP contribution in [0.5, 0.6) is 5.75 Å². The number of likely N-dealkylation sites (tertiary alicyclic amines) is 1. The molecule has 6 heteroatoms. The van der Waals surface area contributed by atoms with E-state index in [0.717, 1.165) is 68.1 Å². The number of fused-ring (bicyclic) bond motifs is 3. The van der Waals surface area contributed by atoms with Crippen molar-refractivity contribution in [3.8, 4) is 5.75 Å². The van der Waals surface area contributed by atoms with Gasteiger partial charge in [0.2, 0.25) is 0 Å². The number of aliphatic hydroxyl groups is 1. The van der Waals surface area contributed by atoms with Crippen molar-refractivity contribution in [2.45, 2.75) is 56.1 Å². The Labute approximate surface area is 194 Å². The maximum absolute atomic E-state index is 12.5. The van der Waals surface area contributed by atoms with Gasteiger partial charge in [-0.15, -0.1) is 0 Å². The van der Waals surface area contributed by atoms with Crippen molar-refractivity contribution >= 4 is 16.8 Å². The maximum atomic E-state index is 12.5. The van der Waals surface area contributed by atoms with E-state index in [0.29, 0.717) is 12.2 Å². The second-order valence-corrected chi connectivity index (χ2v) is 9.63. The number of nitrogens with zero attached hydrogens (tertiary/aromatic N) is 1. The van der Waals surface area contributed by atoms with Gasteiger partial charge in [-0.2, -0.15) is 0 Å². The molecule has 33 heavy (non-hydrogen) atoms. The number of phenolic OH excluding ortho intramolecular Hbond substituents is 1. The number of aromatic nitrogens is 1. The molecule has 174 valence electrons. The van der Waals surface area contributed by atoms with E-state index in [9.17, 15) is 15.0 Å². The molecule has 2 fully saturated rings. The van der Waals surface area contributed by atoms with Gasteiger partial charge in [0.1, 0.15) is 11.4 Å². The molecule has 1 aliphatic heterocycles. The summed E-state index contributed by atoms with van der Waals surface area (Å²) in [6.45, 7) is 2.53. The summed E-state index contributed by atoms with van der Waals surface area (Å²) in [5, 5.41) is 25.4. The number of unbranched alkanes of at least 4 members (excludes halogenated alkanes) is 1. The van der Waals surface area contributed by atoms with Crippen LogP contribution in [-0.4, -0.2) is 57.8 Å². The highest BCUT2D eigenvalue weighted by Gasteiger charge is 2.50. The highest BCUT2D eigenvalue weighted by Crippen LogP contribution is 2.47. The van der Waals surface area contributed by atoms with Crippen LogP contribution in [0.25, 0.3) is 10.9 Å². The third kappa shape index (κ3) is 4.25. The van der Waals surface area contributed by atoms with Gasteiger partial charge >= 0.3 is 0 Å². The number of benzene rings is 2. The highest BCUT2D eigenvalue weighted by molar-refractivity contribution is 5.97. The summed E-state index contributed by atoms with van der Waals surface area (Å²) in [5.74, 6) is 0.205. The van der Waals surface area contributed by atoms with E-state index in [1.165, 1.54) is 0 Å². The van der Waals surface area contributed by atoms with Gasteiger partial charge in [-0.1, -0.05) is 36.8 Å². The molecule has 2 aliphatic rings. The quantitative estimate of drug-likeness (QED) is 0.413. The first-order chi connectivity index (χ1) is 16.1. The Morgan fingerprint density at radius 3 is 2.85 bits per heavy atom. The van der Waals surface area contributed by atoms with Gasteiger partial charge in [-0.3, -0.25) is 9.69 Å². The molecule has 2 bridgehead atoms. The van der Waals surface area contributed by atoms with Crippen LogP contribution in [0.4, 0.5) is 0 Å². The second kappa shape index (κ2) is 9.20. The third-order valence-electron chi connectivity index (χ3n) is 7.72. The predicted octanol–water partition coefficient (Wildman–Crippen LogP) is 3.94. The number of nitrogens with one attached hydrogen (secondary N) is 2. The van der Waals surface area contributed by atoms with Gasteiger partial charge in [0.15, 0.2) is 0 Å². The van der Waals surface area contributed by atoms with Crippen LogP contribution < -0.4 is 5.32 Å². The summed E-state index contributed by atoms with van der Waals surface area (Å²) in [4.78, 5) is 18.1. The molecule has 1 amide bonds. The summed E-state index contributed by atoms with van der Waals surface area (Å²) in [6, 6.07) is 17.4. The molecule has 3 atom stereocenters. The first-order valence-electron chi connectivity index (χ1n) is 12.1. The average molecular weight is 448 g/mol. The largest absolute Gasteiger partial charge is 0.508 e. The van der Waals surface area contributed by atoms with E-state index in [2.05, 4.69) is 21.3 Å². The van der Waals surface area contributed by atoms with E-state index in [1.807, 2.05) is 42.5 Å². The topological polar surface area (TPSA) is 88.6 Å². The highest BCUT2D eigenvalue weighted by atomic mass is 16.3. The fraction of sp³-hybridized carbons (Fsp3) is 0.444. The first-order valence-corrected chi connectivity index (χ1v) is 12.1. The Hall–Kier alpha value is -2.83. The van der Waals surface area contributed by atoms with Gasteiger partial charge in [0.25, 0.3) is 5.91 Å². The van der Waals surface area contributed by atoms with Crippen molar-refractivity contribution in [2.75, 3.05) is 19.6 Å². The summed E-state index contributed by atoms with van der Waals surface area (Å²) in [5.41, 5.74) is 2.39. The number of hydrogen-bond donors (Lipinski definition) is 4. The second-order valence-electron chi connectivity index (χ2n) is 9.63. The van der Waals surface area contributed by atoms with Gasteiger partial charge in [0.05, 0.1) is 6.10 Å². The van der Waals surface area contributed by atoms with Crippen LogP contribution in [0.1, 0.15) is 54.6 Å². The van der Waals surface area contributed by atoms with Crippen molar-refractivity contribution in [1.29, 1.82) is 0 Å². The molecule has 4 N–H and O–H groups in total. The van der Waals surface area contributed by atoms with Crippen LogP contribution in [0.2, 0.25) is 0 Å². The first kappa shape index (κ1) is 22.0. The van der Waals surface area contributed by atoms with Crippen molar-refractivity contribution < 1.29 is 15.0 Å². The number of carbonyl (C=O) groups excluding carboxylic acids is 1. The molecule has 6 nitrogen and oxygen atoms in total. The van der Waals surface area contributed by atoms with Crippen LogP contribution in [0.15, 0.2) is 54.6 Å². The maximum Gasteiger partial charge on any atom is 0.267 e. The standard InChI is InChI=1S/C27H33N3O3/c31-21-9-5-8-20(18-21)27-12-6-11-24(25(27)32)30(16-13-27)15-4-3-14-28-26(33)23-17-19-7-1-2-10-22(19)29-23/h1-2,5,7-10,17-18,24-25,29,31-32H,3-4,6,11-16H2,(H,28,33)/t24-,25+,27-/m0/s1. The van der Waals surface area contributed by atoms with Crippen molar-refractivity contribution in [2.24, 2.45) is 0 Å². The van der Waals surface area contributed by atoms with Crippen molar-refractivity contribution in [1.82, 2.24) is 15.2 Å². The average Bonchev–Trinajstić information content (AvgIpc) is 3.25. The fourth-order valence-electron chi connectivity index (χ4n) is 5.95. The van der Waals surface area contributed by atoms with E-state index in [1.54, 1.807) is 6.07 Å². The fourth-order valence-corrected chi connectivity index (χ4v) is 5.95. The van der Waals surface area contributed by atoms with Crippen LogP contribution in [0.3, 0.4) is 0 Å². The number of aromatic amines is 1. The molecule has 2 aromatic carbocycles. The minimum atomic E-state index is -0.413. The SMILES string of the molecule is O=C(NCCCCN1CC[C@]2(c3cccc(O)c3)CCC[C@H]1[C@H]2O)c1cc2ccccc2[nH]1. The van der Waals surface area contributed by atoms with E-state index in [-0.39, 0.29) is 23.1 Å². The number of phenols is 1. The van der Waals surface area contributed by atoms with E-state index >= 15 is 0 Å². The van der Waals surface area contributed by atoms with Crippen molar-refractivity contribution in [3.63, 3.8) is 0 Å². The number of aliphatic hydroxyl groups excluding tert-OH is 1. The molecule has 1 saturated heterocycles. The summed E-state index contributed by atoms with van der Waals surface area (Å²) in [6.07, 6.45) is 5.46. The van der Waals surface area contributed by atoms with E-state index in [4.69, 9.17) is 0 Å². The smallest absolute Gasteiger partial charge is 0.267 e. The van der Waals surface area contributed by atoms with Crippen molar-refractivity contribution in [3.05, 3.63) is 65.9 Å². The molecule has 0 unspecified atom stereocenters. The number of H-pyrrole nitrogens is 1. The molecule has 1 saturated carbocycles. The Balaban J connectivity index is 1.12. The van der Waals surface area contributed by atoms with Crippen LogP contribution >= 0.6 is 0 Å². The van der Waals surface area contributed by atoms with Crippen LogP contribution in [-0.2, 0) is 5.41 Å². The molecule has 2 heterocycles. The van der Waals surface area contributed by atoms with Gasteiger partial charge in [0, 0.05) is 28.9 Å². The molecule has 5 rings (SSSR count). The Kier molecular flexibility index (Phi) is 6.13. The summed E-state index contributed by atoms with van der Waals surface area (Å²) < 4.78 is 0. The number of aromatic hydroxyl groups is 1. The van der Waals surface area contributed by atoms with Gasteiger partial charge in [-0.05, 0) is 75.0 Å². The number of hydrogen-bond acceptors (Lipinski definition) is 4. The minimum Gasteiger partial charge on any atom is -0.508 e. The lowest BCUT2D eigenvalue weighted by Gasteiger charge is -2.54. The number of carbonyl (C=O) groups is 1. The van der Waals surface area contributed by atoms with Gasteiger partial charge in [-0.25, -0.2) is 0 Å². The Morgan fingerprint density at radius 1 is 1.12 bits per heavy atom. The number of rotatable bonds is 7. The van der Waals surface area contributed by atoms with Gasteiger partial charge < -0.3 is 20.5 Å². The molecular weight excluding hydrogens is 414 g/mol. The zero-order chi connectivity index (χ0) is 22.8.